The highest BCUT2D eigenvalue weighted by atomic mass is 32.2. The van der Waals surface area contributed by atoms with E-state index < -0.39 is 11.9 Å². The van der Waals surface area contributed by atoms with Crippen molar-refractivity contribution in [1.29, 1.82) is 0 Å². The third-order valence-electron chi connectivity index (χ3n) is 5.74. The van der Waals surface area contributed by atoms with Crippen LogP contribution in [0.1, 0.15) is 17.5 Å². The molecule has 0 spiro atoms. The van der Waals surface area contributed by atoms with Gasteiger partial charge >= 0.3 is 11.9 Å². The molecule has 0 N–H and O–H groups in total. The Hall–Kier alpha value is -3.10. The van der Waals surface area contributed by atoms with E-state index in [1.165, 1.54) is 31.4 Å². The molecule has 1 saturated heterocycles. The summed E-state index contributed by atoms with van der Waals surface area (Å²) in [6.45, 7) is 2.03. The first kappa shape index (κ1) is 23.1. The number of hydrogen-bond acceptors (Lipinski definition) is 8. The predicted molar refractivity (Wildman–Crippen MR) is 126 cm³/mol. The zero-order valence-corrected chi connectivity index (χ0v) is 19.4. The van der Waals surface area contributed by atoms with Gasteiger partial charge in [-0.2, -0.15) is 0 Å². The minimum atomic E-state index is -0.660. The fourth-order valence-corrected chi connectivity index (χ4v) is 4.95. The van der Waals surface area contributed by atoms with Gasteiger partial charge in [0.15, 0.2) is 5.78 Å². The average Bonchev–Trinajstić information content (AvgIpc) is 3.04. The Labute approximate surface area is 196 Å². The fourth-order valence-electron chi connectivity index (χ4n) is 4.15. The maximum absolute atomic E-state index is 13.2. The van der Waals surface area contributed by atoms with Crippen LogP contribution in [-0.4, -0.2) is 68.9 Å². The number of carbonyl (C=O) groups is 3. The second-order valence-electron chi connectivity index (χ2n) is 7.72. The number of ether oxygens (including phenoxy) is 3. The summed E-state index contributed by atoms with van der Waals surface area (Å²) < 4.78 is 15.7. The number of esters is 2. The van der Waals surface area contributed by atoms with E-state index in [1.807, 2.05) is 41.3 Å². The summed E-state index contributed by atoms with van der Waals surface area (Å²) in [5.74, 6) is -1.18. The quantitative estimate of drug-likeness (QED) is 0.628. The number of ketones is 1. The number of methoxy groups -OCH3 is 2. The summed E-state index contributed by atoms with van der Waals surface area (Å²) >= 11 is 1.17. The lowest BCUT2D eigenvalue weighted by Crippen LogP contribution is -2.38. The monoisotopic (exact) mass is 467 g/mol. The van der Waals surface area contributed by atoms with Gasteiger partial charge in [-0.05, 0) is 34.3 Å². The van der Waals surface area contributed by atoms with E-state index in [9.17, 15) is 14.4 Å². The van der Waals surface area contributed by atoms with Gasteiger partial charge in [0, 0.05) is 25.1 Å². The molecule has 4 rings (SSSR count). The molecule has 1 aromatic rings. The third kappa shape index (κ3) is 4.82. The first-order valence-corrected chi connectivity index (χ1v) is 11.7. The number of allylic oxidation sites excluding steroid dienone is 2. The standard InChI is InChI=1S/C25H25NO6S/c1-30-24(28)20-14-33-15-21(27)18-11-16-5-3-4-6-17(16)12-19(13-18)23(22(20)25(29)31-2)26-7-9-32-10-8-26/h3-6,11-12,14H,7-10,13,15H2,1-2H3/b20-14-,23-22-. The van der Waals surface area contributed by atoms with E-state index in [2.05, 4.69) is 0 Å². The van der Waals surface area contributed by atoms with Crippen molar-refractivity contribution in [2.75, 3.05) is 46.3 Å². The molecule has 0 amide bonds. The average molecular weight is 468 g/mol. The minimum Gasteiger partial charge on any atom is -0.465 e. The number of thioether (sulfide) groups is 1. The molecule has 2 aliphatic heterocycles. The van der Waals surface area contributed by atoms with E-state index in [1.54, 1.807) is 0 Å². The van der Waals surface area contributed by atoms with Gasteiger partial charge in [-0.3, -0.25) is 4.79 Å². The van der Waals surface area contributed by atoms with E-state index >= 15 is 0 Å². The summed E-state index contributed by atoms with van der Waals surface area (Å²) in [5.41, 5.74) is 4.07. The van der Waals surface area contributed by atoms with E-state index in [4.69, 9.17) is 14.2 Å². The molecular weight excluding hydrogens is 442 g/mol. The SMILES string of the molecule is COC(=O)C1=C\SCC(=O)C2=Cc3ccccc3C=C(C2)/C(N2CCOCC2)=C\1C(=O)OC. The van der Waals surface area contributed by atoms with Crippen LogP contribution in [0.2, 0.25) is 0 Å². The zero-order valence-electron chi connectivity index (χ0n) is 18.6. The maximum atomic E-state index is 13.2. The van der Waals surface area contributed by atoms with Crippen LogP contribution in [-0.2, 0) is 28.6 Å². The highest BCUT2D eigenvalue weighted by molar-refractivity contribution is 8.02. The maximum Gasteiger partial charge on any atom is 0.340 e. The van der Waals surface area contributed by atoms with Crippen LogP contribution in [0.5, 0.6) is 0 Å². The van der Waals surface area contributed by atoms with Crippen LogP contribution in [0.3, 0.4) is 0 Å². The molecule has 1 fully saturated rings. The first-order valence-electron chi connectivity index (χ1n) is 10.6. The lowest BCUT2D eigenvalue weighted by atomic mass is 9.93. The van der Waals surface area contributed by atoms with E-state index in [0.29, 0.717) is 44.0 Å². The largest absolute Gasteiger partial charge is 0.465 e. The van der Waals surface area contributed by atoms with Crippen molar-refractivity contribution in [1.82, 2.24) is 4.90 Å². The van der Waals surface area contributed by atoms with Crippen molar-refractivity contribution in [3.8, 4) is 0 Å². The number of hydrogen-bond donors (Lipinski definition) is 0. The van der Waals surface area contributed by atoms with Gasteiger partial charge in [0.2, 0.25) is 0 Å². The molecule has 2 bridgehead atoms. The first-order chi connectivity index (χ1) is 16.0. The molecule has 0 unspecified atom stereocenters. The summed E-state index contributed by atoms with van der Waals surface area (Å²) in [5, 5.41) is 1.53. The van der Waals surface area contributed by atoms with Crippen molar-refractivity contribution in [2.45, 2.75) is 6.42 Å². The molecule has 1 aromatic carbocycles. The van der Waals surface area contributed by atoms with Crippen molar-refractivity contribution in [2.24, 2.45) is 0 Å². The summed E-state index contributed by atoms with van der Waals surface area (Å²) in [6, 6.07) is 7.80. The number of nitrogens with zero attached hydrogens (tertiary/aromatic N) is 1. The lowest BCUT2D eigenvalue weighted by molar-refractivity contribution is -0.139. The minimum absolute atomic E-state index is 0.0223. The molecule has 0 atom stereocenters. The molecule has 7 nitrogen and oxygen atoms in total. The normalized spacial score (nSPS) is 22.7. The molecule has 3 aliphatic rings. The van der Waals surface area contributed by atoms with Gasteiger partial charge in [-0.25, -0.2) is 9.59 Å². The van der Waals surface area contributed by atoms with E-state index in [0.717, 1.165) is 16.7 Å². The number of carbonyl (C=O) groups excluding carboxylic acids is 3. The van der Waals surface area contributed by atoms with Crippen molar-refractivity contribution >= 4 is 41.6 Å². The molecular formula is C25H25NO6S. The van der Waals surface area contributed by atoms with Crippen LogP contribution in [0.25, 0.3) is 12.2 Å². The van der Waals surface area contributed by atoms with Gasteiger partial charge in [-0.1, -0.05) is 24.3 Å². The number of benzene rings is 1. The van der Waals surface area contributed by atoms with Crippen LogP contribution in [0.15, 0.2) is 57.7 Å². The van der Waals surface area contributed by atoms with Crippen LogP contribution in [0, 0.1) is 0 Å². The smallest absolute Gasteiger partial charge is 0.340 e. The van der Waals surface area contributed by atoms with Gasteiger partial charge < -0.3 is 19.1 Å². The highest BCUT2D eigenvalue weighted by Crippen LogP contribution is 2.37. The van der Waals surface area contributed by atoms with Crippen molar-refractivity contribution in [3.63, 3.8) is 0 Å². The van der Waals surface area contributed by atoms with Gasteiger partial charge in [-0.15, -0.1) is 11.8 Å². The van der Waals surface area contributed by atoms with Crippen molar-refractivity contribution < 1.29 is 28.6 Å². The Balaban J connectivity index is 2.05. The fraction of sp³-hybridized carbons (Fsp3) is 0.320. The zero-order chi connectivity index (χ0) is 23.4. The molecule has 8 heteroatoms. The molecule has 33 heavy (non-hydrogen) atoms. The molecule has 0 radical (unpaired) electrons. The van der Waals surface area contributed by atoms with Gasteiger partial charge in [0.05, 0.1) is 50.0 Å². The second kappa shape index (κ2) is 10.2. The van der Waals surface area contributed by atoms with Gasteiger partial charge in [0.1, 0.15) is 0 Å². The molecule has 2 heterocycles. The van der Waals surface area contributed by atoms with Crippen molar-refractivity contribution in [3.05, 3.63) is 68.8 Å². The third-order valence-corrected chi connectivity index (χ3v) is 6.57. The number of rotatable bonds is 3. The van der Waals surface area contributed by atoms with Crippen LogP contribution >= 0.6 is 11.8 Å². The Bertz CT molecular complexity index is 1110. The Morgan fingerprint density at radius 1 is 0.970 bits per heavy atom. The second-order valence-corrected chi connectivity index (χ2v) is 8.57. The van der Waals surface area contributed by atoms with E-state index in [-0.39, 0.29) is 22.7 Å². The number of fused-ring (bicyclic) bond motifs is 3. The molecule has 0 saturated carbocycles. The Kier molecular flexibility index (Phi) is 7.15. The molecule has 172 valence electrons. The summed E-state index contributed by atoms with van der Waals surface area (Å²) in [4.78, 5) is 41.1. The summed E-state index contributed by atoms with van der Waals surface area (Å²) in [6.07, 6.45) is 4.24. The predicted octanol–water partition coefficient (Wildman–Crippen LogP) is 2.99. The summed E-state index contributed by atoms with van der Waals surface area (Å²) in [7, 11) is 2.56. The van der Waals surface area contributed by atoms with Crippen LogP contribution in [0.4, 0.5) is 0 Å². The Morgan fingerprint density at radius 3 is 2.24 bits per heavy atom. The Morgan fingerprint density at radius 2 is 1.61 bits per heavy atom. The van der Waals surface area contributed by atoms with Gasteiger partial charge in [0.25, 0.3) is 0 Å². The van der Waals surface area contributed by atoms with Crippen LogP contribution < -0.4 is 0 Å². The highest BCUT2D eigenvalue weighted by Gasteiger charge is 2.33. The molecule has 0 aromatic heterocycles. The number of morpholine rings is 1. The number of Topliss-reactive ketones (excluding diaryl/α,β-unsaturated/α-hetero) is 1. The topological polar surface area (TPSA) is 82.1 Å². The lowest BCUT2D eigenvalue weighted by Gasteiger charge is -2.34. The molecule has 1 aliphatic carbocycles.